The van der Waals surface area contributed by atoms with Gasteiger partial charge >= 0.3 is 0 Å². The molecule has 0 aliphatic heterocycles. The quantitative estimate of drug-likeness (QED) is 0.862. The number of halogens is 1. The summed E-state index contributed by atoms with van der Waals surface area (Å²) in [4.78, 5) is 12.8. The molecule has 1 rings (SSSR count). The van der Waals surface area contributed by atoms with Crippen molar-refractivity contribution in [3.05, 3.63) is 30.1 Å². The second kappa shape index (κ2) is 5.85. The zero-order valence-electron chi connectivity index (χ0n) is 9.77. The van der Waals surface area contributed by atoms with E-state index in [4.69, 9.17) is 5.26 Å². The highest BCUT2D eigenvalue weighted by atomic mass is 19.1. The highest BCUT2D eigenvalue weighted by Crippen LogP contribution is 2.11. The molecule has 0 bridgehead atoms. The van der Waals surface area contributed by atoms with Crippen molar-refractivity contribution in [3.8, 4) is 6.07 Å². The number of hydrogen-bond acceptors (Lipinski definition) is 3. The molecule has 5 heteroatoms. The standard InChI is InChI=1S/C12H14FN3O/c1-16(2)12(17)7-11(8-14)15-10-5-3-4-9(13)6-10/h3-6,11,15H,7H2,1-2H3. The molecule has 17 heavy (non-hydrogen) atoms. The van der Waals surface area contributed by atoms with Crippen molar-refractivity contribution < 1.29 is 9.18 Å². The van der Waals surface area contributed by atoms with Gasteiger partial charge in [0.2, 0.25) is 5.91 Å². The van der Waals surface area contributed by atoms with E-state index >= 15 is 0 Å². The molecule has 0 aromatic heterocycles. The van der Waals surface area contributed by atoms with Crippen LogP contribution in [0.5, 0.6) is 0 Å². The maximum atomic E-state index is 12.9. The lowest BCUT2D eigenvalue weighted by molar-refractivity contribution is -0.128. The Hall–Kier alpha value is -2.09. The summed E-state index contributed by atoms with van der Waals surface area (Å²) in [6.07, 6.45) is 0.0556. The van der Waals surface area contributed by atoms with E-state index in [-0.39, 0.29) is 18.1 Å². The molecule has 4 nitrogen and oxygen atoms in total. The number of nitrogens with one attached hydrogen (secondary N) is 1. The topological polar surface area (TPSA) is 56.1 Å². The second-order valence-corrected chi connectivity index (χ2v) is 3.83. The van der Waals surface area contributed by atoms with Gasteiger partial charge in [0.05, 0.1) is 12.5 Å². The van der Waals surface area contributed by atoms with Gasteiger partial charge in [0.25, 0.3) is 0 Å². The van der Waals surface area contributed by atoms with Crippen LogP contribution in [0.15, 0.2) is 24.3 Å². The van der Waals surface area contributed by atoms with E-state index < -0.39 is 6.04 Å². The highest BCUT2D eigenvalue weighted by molar-refractivity contribution is 5.77. The summed E-state index contributed by atoms with van der Waals surface area (Å²) >= 11 is 0. The predicted octanol–water partition coefficient (Wildman–Crippen LogP) is 1.61. The summed E-state index contributed by atoms with van der Waals surface area (Å²) in [5, 5.41) is 11.7. The molecule has 1 unspecified atom stereocenters. The van der Waals surface area contributed by atoms with Gasteiger partial charge in [-0.2, -0.15) is 5.26 Å². The van der Waals surface area contributed by atoms with Crippen LogP contribution in [0.4, 0.5) is 10.1 Å². The fourth-order valence-corrected chi connectivity index (χ4v) is 1.27. The van der Waals surface area contributed by atoms with Crippen molar-refractivity contribution in [3.63, 3.8) is 0 Å². The fraction of sp³-hybridized carbons (Fsp3) is 0.333. The van der Waals surface area contributed by atoms with Crippen LogP contribution in [0, 0.1) is 17.1 Å². The largest absolute Gasteiger partial charge is 0.369 e. The third-order valence-corrected chi connectivity index (χ3v) is 2.20. The van der Waals surface area contributed by atoms with Crippen LogP contribution in [-0.4, -0.2) is 30.9 Å². The minimum atomic E-state index is -0.660. The van der Waals surface area contributed by atoms with Crippen molar-refractivity contribution in [2.45, 2.75) is 12.5 Å². The molecule has 1 N–H and O–H groups in total. The zero-order chi connectivity index (χ0) is 12.8. The smallest absolute Gasteiger partial charge is 0.225 e. The summed E-state index contributed by atoms with van der Waals surface area (Å²) in [5.41, 5.74) is 0.489. The van der Waals surface area contributed by atoms with Gasteiger partial charge < -0.3 is 10.2 Å². The number of benzene rings is 1. The number of anilines is 1. The molecule has 0 radical (unpaired) electrons. The predicted molar refractivity (Wildman–Crippen MR) is 62.7 cm³/mol. The molecular formula is C12H14FN3O. The van der Waals surface area contributed by atoms with Crippen molar-refractivity contribution in [1.29, 1.82) is 5.26 Å². The van der Waals surface area contributed by atoms with Gasteiger partial charge in [0, 0.05) is 19.8 Å². The number of nitriles is 1. The lowest BCUT2D eigenvalue weighted by atomic mass is 10.2. The first kappa shape index (κ1) is 13.0. The number of rotatable bonds is 4. The van der Waals surface area contributed by atoms with Crippen molar-refractivity contribution in [1.82, 2.24) is 4.90 Å². The van der Waals surface area contributed by atoms with Crippen molar-refractivity contribution >= 4 is 11.6 Å². The Labute approximate surface area is 99.7 Å². The average Bonchev–Trinajstić information content (AvgIpc) is 2.27. The van der Waals surface area contributed by atoms with Crippen molar-refractivity contribution in [2.75, 3.05) is 19.4 Å². The maximum Gasteiger partial charge on any atom is 0.225 e. The normalized spacial score (nSPS) is 11.4. The van der Waals surface area contributed by atoms with Crippen LogP contribution < -0.4 is 5.32 Å². The Balaban J connectivity index is 2.65. The van der Waals surface area contributed by atoms with Gasteiger partial charge in [-0.05, 0) is 18.2 Å². The molecule has 0 aliphatic carbocycles. The van der Waals surface area contributed by atoms with Crippen molar-refractivity contribution in [2.24, 2.45) is 0 Å². The third-order valence-electron chi connectivity index (χ3n) is 2.20. The number of nitrogens with zero attached hydrogens (tertiary/aromatic N) is 2. The minimum Gasteiger partial charge on any atom is -0.369 e. The number of carbonyl (C=O) groups is 1. The second-order valence-electron chi connectivity index (χ2n) is 3.83. The minimum absolute atomic E-state index is 0.0556. The lowest BCUT2D eigenvalue weighted by Crippen LogP contribution is -2.29. The maximum absolute atomic E-state index is 12.9. The van der Waals surface area contributed by atoms with E-state index in [1.165, 1.54) is 17.0 Å². The fourth-order valence-electron chi connectivity index (χ4n) is 1.27. The first-order chi connectivity index (χ1) is 8.02. The molecule has 1 atom stereocenters. The summed E-state index contributed by atoms with van der Waals surface area (Å²) in [6, 6.07) is 7.10. The van der Waals surface area contributed by atoms with E-state index in [9.17, 15) is 9.18 Å². The summed E-state index contributed by atoms with van der Waals surface area (Å²) in [6.45, 7) is 0. The number of hydrogen-bond donors (Lipinski definition) is 1. The molecule has 0 aliphatic rings. The molecule has 0 saturated carbocycles. The first-order valence-corrected chi connectivity index (χ1v) is 5.15. The molecule has 90 valence electrons. The molecule has 0 saturated heterocycles. The van der Waals surface area contributed by atoms with Gasteiger partial charge in [-0.1, -0.05) is 6.07 Å². The Kier molecular flexibility index (Phi) is 4.46. The molecule has 0 fully saturated rings. The van der Waals surface area contributed by atoms with E-state index in [1.54, 1.807) is 26.2 Å². The van der Waals surface area contributed by atoms with E-state index in [0.29, 0.717) is 5.69 Å². The van der Waals surface area contributed by atoms with E-state index in [2.05, 4.69) is 5.32 Å². The molecule has 0 heterocycles. The Bertz CT molecular complexity index is 440. The Morgan fingerprint density at radius 1 is 1.59 bits per heavy atom. The van der Waals surface area contributed by atoms with Crippen LogP contribution in [0.1, 0.15) is 6.42 Å². The molecule has 1 aromatic rings. The monoisotopic (exact) mass is 235 g/mol. The molecular weight excluding hydrogens is 221 g/mol. The highest BCUT2D eigenvalue weighted by Gasteiger charge is 2.14. The van der Waals surface area contributed by atoms with Gasteiger partial charge in [0.1, 0.15) is 11.9 Å². The van der Waals surface area contributed by atoms with Gasteiger partial charge in [0.15, 0.2) is 0 Å². The summed E-state index contributed by atoms with van der Waals surface area (Å²) in [7, 11) is 3.25. The molecule has 0 spiro atoms. The average molecular weight is 235 g/mol. The third kappa shape index (κ3) is 4.11. The Morgan fingerprint density at radius 2 is 2.29 bits per heavy atom. The lowest BCUT2D eigenvalue weighted by Gasteiger charge is -2.15. The Morgan fingerprint density at radius 3 is 2.82 bits per heavy atom. The van der Waals surface area contributed by atoms with Crippen LogP contribution in [0.2, 0.25) is 0 Å². The zero-order valence-corrected chi connectivity index (χ0v) is 9.77. The summed E-state index contributed by atoms with van der Waals surface area (Å²) in [5.74, 6) is -0.536. The van der Waals surface area contributed by atoms with Gasteiger partial charge in [-0.3, -0.25) is 4.79 Å². The molecule has 1 aromatic carbocycles. The SMILES string of the molecule is CN(C)C(=O)CC(C#N)Nc1cccc(F)c1. The summed E-state index contributed by atoms with van der Waals surface area (Å²) < 4.78 is 12.9. The van der Waals surface area contributed by atoms with Crippen LogP contribution in [0.3, 0.4) is 0 Å². The van der Waals surface area contributed by atoms with Gasteiger partial charge in [-0.15, -0.1) is 0 Å². The van der Waals surface area contributed by atoms with Crippen LogP contribution >= 0.6 is 0 Å². The van der Waals surface area contributed by atoms with Crippen LogP contribution in [0.25, 0.3) is 0 Å². The number of amides is 1. The van der Waals surface area contributed by atoms with E-state index in [0.717, 1.165) is 0 Å². The first-order valence-electron chi connectivity index (χ1n) is 5.15. The number of carbonyl (C=O) groups excluding carboxylic acids is 1. The molecule has 1 amide bonds. The van der Waals surface area contributed by atoms with Crippen LogP contribution in [-0.2, 0) is 4.79 Å². The van der Waals surface area contributed by atoms with Gasteiger partial charge in [-0.25, -0.2) is 4.39 Å². The van der Waals surface area contributed by atoms with E-state index in [1.807, 2.05) is 6.07 Å².